The van der Waals surface area contributed by atoms with Crippen LogP contribution in [0.15, 0.2) is 48.5 Å². The standard InChI is InChI=1S/C18H22O2/c1-4-13-20-17-12-8-7-11-16(17)18(3,19)15-10-6-5-9-14(15)2/h5-12,19H,4,13H2,1-3H3. The predicted octanol–water partition coefficient (Wildman–Crippen LogP) is 4.04. The van der Waals surface area contributed by atoms with Crippen molar-refractivity contribution < 1.29 is 9.84 Å². The number of ether oxygens (including phenoxy) is 1. The number of aryl methyl sites for hydroxylation is 1. The van der Waals surface area contributed by atoms with E-state index in [2.05, 4.69) is 6.92 Å². The van der Waals surface area contributed by atoms with E-state index in [0.717, 1.165) is 28.9 Å². The lowest BCUT2D eigenvalue weighted by molar-refractivity contribution is 0.0971. The van der Waals surface area contributed by atoms with E-state index in [1.54, 1.807) is 0 Å². The third-order valence-electron chi connectivity index (χ3n) is 3.54. The highest BCUT2D eigenvalue weighted by molar-refractivity contribution is 5.46. The normalized spacial score (nSPS) is 13.8. The molecule has 2 aromatic carbocycles. The topological polar surface area (TPSA) is 29.5 Å². The minimum Gasteiger partial charge on any atom is -0.493 e. The molecule has 0 aromatic heterocycles. The molecule has 2 nitrogen and oxygen atoms in total. The van der Waals surface area contributed by atoms with Crippen molar-refractivity contribution >= 4 is 0 Å². The zero-order valence-electron chi connectivity index (χ0n) is 12.4. The molecule has 0 heterocycles. The van der Waals surface area contributed by atoms with Gasteiger partial charge in [0.25, 0.3) is 0 Å². The molecule has 20 heavy (non-hydrogen) atoms. The fraction of sp³-hybridized carbons (Fsp3) is 0.333. The van der Waals surface area contributed by atoms with Crippen molar-refractivity contribution in [1.82, 2.24) is 0 Å². The highest BCUT2D eigenvalue weighted by Gasteiger charge is 2.30. The molecule has 0 fully saturated rings. The molecule has 0 aliphatic carbocycles. The van der Waals surface area contributed by atoms with Gasteiger partial charge in [-0.25, -0.2) is 0 Å². The number of hydrogen-bond donors (Lipinski definition) is 1. The third-order valence-corrected chi connectivity index (χ3v) is 3.54. The van der Waals surface area contributed by atoms with E-state index < -0.39 is 5.60 Å². The Hall–Kier alpha value is -1.80. The zero-order chi connectivity index (χ0) is 14.6. The average Bonchev–Trinajstić information content (AvgIpc) is 2.45. The van der Waals surface area contributed by atoms with Crippen LogP contribution in [-0.4, -0.2) is 11.7 Å². The third kappa shape index (κ3) is 2.86. The molecule has 0 saturated carbocycles. The van der Waals surface area contributed by atoms with Gasteiger partial charge >= 0.3 is 0 Å². The largest absolute Gasteiger partial charge is 0.493 e. The molecule has 1 N–H and O–H groups in total. The SMILES string of the molecule is CCCOc1ccccc1C(C)(O)c1ccccc1C. The smallest absolute Gasteiger partial charge is 0.125 e. The Labute approximate surface area is 121 Å². The molecule has 2 aromatic rings. The predicted molar refractivity (Wildman–Crippen MR) is 82.1 cm³/mol. The molecule has 0 radical (unpaired) electrons. The van der Waals surface area contributed by atoms with Crippen molar-refractivity contribution in [2.45, 2.75) is 32.8 Å². The first-order valence-electron chi connectivity index (χ1n) is 7.08. The van der Waals surface area contributed by atoms with Gasteiger partial charge in [0.15, 0.2) is 0 Å². The zero-order valence-corrected chi connectivity index (χ0v) is 12.4. The van der Waals surface area contributed by atoms with Crippen LogP contribution < -0.4 is 4.74 Å². The van der Waals surface area contributed by atoms with Crippen LogP contribution in [-0.2, 0) is 5.60 Å². The summed E-state index contributed by atoms with van der Waals surface area (Å²) in [6.45, 7) is 6.56. The van der Waals surface area contributed by atoms with Gasteiger partial charge in [-0.15, -0.1) is 0 Å². The average molecular weight is 270 g/mol. The summed E-state index contributed by atoms with van der Waals surface area (Å²) in [5, 5.41) is 11.0. The van der Waals surface area contributed by atoms with Gasteiger partial charge in [-0.2, -0.15) is 0 Å². The first-order valence-corrected chi connectivity index (χ1v) is 7.08. The van der Waals surface area contributed by atoms with E-state index in [9.17, 15) is 5.11 Å². The van der Waals surface area contributed by atoms with Crippen molar-refractivity contribution in [2.75, 3.05) is 6.61 Å². The van der Waals surface area contributed by atoms with Gasteiger partial charge in [0, 0.05) is 5.56 Å². The summed E-state index contributed by atoms with van der Waals surface area (Å²) in [6, 6.07) is 15.6. The van der Waals surface area contributed by atoms with E-state index in [0.29, 0.717) is 6.61 Å². The molecule has 0 amide bonds. The summed E-state index contributed by atoms with van der Waals surface area (Å²) in [7, 11) is 0. The number of rotatable bonds is 5. The van der Waals surface area contributed by atoms with E-state index >= 15 is 0 Å². The lowest BCUT2D eigenvalue weighted by atomic mass is 9.85. The number of para-hydroxylation sites is 1. The molecule has 0 bridgehead atoms. The molecular weight excluding hydrogens is 248 g/mol. The van der Waals surface area contributed by atoms with Crippen molar-refractivity contribution in [3.8, 4) is 5.75 Å². The monoisotopic (exact) mass is 270 g/mol. The minimum atomic E-state index is -1.06. The van der Waals surface area contributed by atoms with Gasteiger partial charge < -0.3 is 9.84 Å². The highest BCUT2D eigenvalue weighted by atomic mass is 16.5. The van der Waals surface area contributed by atoms with Gasteiger partial charge in [-0.1, -0.05) is 49.4 Å². The first kappa shape index (κ1) is 14.6. The Morgan fingerprint density at radius 1 is 1.00 bits per heavy atom. The highest BCUT2D eigenvalue weighted by Crippen LogP contribution is 2.36. The van der Waals surface area contributed by atoms with E-state index in [4.69, 9.17) is 4.74 Å². The van der Waals surface area contributed by atoms with Crippen LogP contribution >= 0.6 is 0 Å². The lowest BCUT2D eigenvalue weighted by Gasteiger charge is -2.28. The summed E-state index contributed by atoms with van der Waals surface area (Å²) in [6.07, 6.45) is 0.945. The number of aliphatic hydroxyl groups is 1. The number of benzene rings is 2. The van der Waals surface area contributed by atoms with Crippen LogP contribution in [0.1, 0.15) is 37.0 Å². The molecule has 0 saturated heterocycles. The van der Waals surface area contributed by atoms with Gasteiger partial charge in [-0.05, 0) is 37.5 Å². The van der Waals surface area contributed by atoms with Gasteiger partial charge in [0.2, 0.25) is 0 Å². The molecule has 1 atom stereocenters. The van der Waals surface area contributed by atoms with Crippen LogP contribution in [0.5, 0.6) is 5.75 Å². The summed E-state index contributed by atoms with van der Waals surface area (Å²) in [5.74, 6) is 0.752. The quantitative estimate of drug-likeness (QED) is 0.888. The fourth-order valence-electron chi connectivity index (χ4n) is 2.47. The van der Waals surface area contributed by atoms with Gasteiger partial charge in [0.05, 0.1) is 6.61 Å². The molecule has 0 spiro atoms. The maximum Gasteiger partial charge on any atom is 0.125 e. The summed E-state index contributed by atoms with van der Waals surface area (Å²) >= 11 is 0. The molecule has 1 unspecified atom stereocenters. The summed E-state index contributed by atoms with van der Waals surface area (Å²) in [5.41, 5.74) is 1.73. The molecule has 0 aliphatic rings. The van der Waals surface area contributed by atoms with Crippen molar-refractivity contribution in [1.29, 1.82) is 0 Å². The van der Waals surface area contributed by atoms with E-state index in [1.807, 2.05) is 62.4 Å². The maximum atomic E-state index is 11.0. The second-order valence-corrected chi connectivity index (χ2v) is 5.23. The van der Waals surface area contributed by atoms with Gasteiger partial charge in [-0.3, -0.25) is 0 Å². The van der Waals surface area contributed by atoms with Crippen LogP contribution in [0.4, 0.5) is 0 Å². The van der Waals surface area contributed by atoms with Crippen LogP contribution in [0.2, 0.25) is 0 Å². The minimum absolute atomic E-state index is 0.654. The van der Waals surface area contributed by atoms with Crippen LogP contribution in [0, 0.1) is 6.92 Å². The van der Waals surface area contributed by atoms with Gasteiger partial charge in [0.1, 0.15) is 11.4 Å². The second kappa shape index (κ2) is 6.10. The fourth-order valence-corrected chi connectivity index (χ4v) is 2.47. The van der Waals surface area contributed by atoms with E-state index in [-0.39, 0.29) is 0 Å². The van der Waals surface area contributed by atoms with Crippen molar-refractivity contribution in [2.24, 2.45) is 0 Å². The summed E-state index contributed by atoms with van der Waals surface area (Å²) < 4.78 is 5.77. The Balaban J connectivity index is 2.46. The molecular formula is C18H22O2. The molecule has 2 heteroatoms. The van der Waals surface area contributed by atoms with Crippen LogP contribution in [0.25, 0.3) is 0 Å². The lowest BCUT2D eigenvalue weighted by Crippen LogP contribution is -2.25. The second-order valence-electron chi connectivity index (χ2n) is 5.23. The first-order chi connectivity index (χ1) is 9.57. The van der Waals surface area contributed by atoms with Crippen molar-refractivity contribution in [3.63, 3.8) is 0 Å². The van der Waals surface area contributed by atoms with Crippen molar-refractivity contribution in [3.05, 3.63) is 65.2 Å². The summed E-state index contributed by atoms with van der Waals surface area (Å²) in [4.78, 5) is 0. The van der Waals surface area contributed by atoms with Crippen LogP contribution in [0.3, 0.4) is 0 Å². The molecule has 0 aliphatic heterocycles. The Bertz CT molecular complexity index is 573. The Morgan fingerprint density at radius 3 is 2.25 bits per heavy atom. The molecule has 106 valence electrons. The number of hydrogen-bond acceptors (Lipinski definition) is 2. The molecule has 2 rings (SSSR count). The van der Waals surface area contributed by atoms with E-state index in [1.165, 1.54) is 0 Å². The Morgan fingerprint density at radius 2 is 1.60 bits per heavy atom. The maximum absolute atomic E-state index is 11.0. The Kier molecular flexibility index (Phi) is 4.46.